The molecule has 1 fully saturated rings. The molecule has 2 aliphatic rings. The Morgan fingerprint density at radius 1 is 1.00 bits per heavy atom. The molecule has 6 heteroatoms. The second-order valence-corrected chi connectivity index (χ2v) is 7.45. The average molecular weight is 389 g/mol. The zero-order valence-electron chi connectivity index (χ0n) is 16.1. The van der Waals surface area contributed by atoms with Crippen LogP contribution in [0.25, 0.3) is 10.8 Å². The van der Waals surface area contributed by atoms with Crippen molar-refractivity contribution in [3.8, 4) is 11.5 Å². The average Bonchev–Trinajstić information content (AvgIpc) is 2.79. The van der Waals surface area contributed by atoms with Gasteiger partial charge in [0.2, 0.25) is 6.10 Å². The van der Waals surface area contributed by atoms with Crippen molar-refractivity contribution in [2.45, 2.75) is 25.4 Å². The summed E-state index contributed by atoms with van der Waals surface area (Å²) in [5, 5.41) is 5.05. The maximum Gasteiger partial charge on any atom is 0.269 e. The number of para-hydroxylation sites is 2. The van der Waals surface area contributed by atoms with E-state index in [1.807, 2.05) is 42.6 Å². The van der Waals surface area contributed by atoms with Crippen LogP contribution in [0.15, 0.2) is 54.9 Å². The molecule has 5 rings (SSSR count). The third-order valence-electron chi connectivity index (χ3n) is 5.55. The molecule has 1 saturated heterocycles. The molecule has 0 aliphatic carbocycles. The molecule has 2 aromatic carbocycles. The Morgan fingerprint density at radius 2 is 1.83 bits per heavy atom. The van der Waals surface area contributed by atoms with Gasteiger partial charge in [-0.3, -0.25) is 9.78 Å². The fourth-order valence-corrected chi connectivity index (χ4v) is 4.06. The van der Waals surface area contributed by atoms with E-state index in [-0.39, 0.29) is 12.5 Å². The highest BCUT2D eigenvalue weighted by Crippen LogP contribution is 2.34. The van der Waals surface area contributed by atoms with Crippen LogP contribution in [0.5, 0.6) is 11.5 Å². The summed E-state index contributed by atoms with van der Waals surface area (Å²) in [6.45, 7) is 2.32. The lowest BCUT2D eigenvalue weighted by atomic mass is 10.0. The van der Waals surface area contributed by atoms with Crippen LogP contribution in [0.4, 0.5) is 11.4 Å². The molecule has 1 N–H and O–H groups in total. The first kappa shape index (κ1) is 17.8. The van der Waals surface area contributed by atoms with Crippen LogP contribution < -0.4 is 19.7 Å². The predicted molar refractivity (Wildman–Crippen MR) is 113 cm³/mol. The summed E-state index contributed by atoms with van der Waals surface area (Å²) in [6, 6.07) is 13.5. The first-order valence-electron chi connectivity index (χ1n) is 10.1. The largest absolute Gasteiger partial charge is 0.485 e. The molecule has 0 bridgehead atoms. The van der Waals surface area contributed by atoms with Crippen LogP contribution in [0.2, 0.25) is 0 Å². The van der Waals surface area contributed by atoms with Gasteiger partial charge in [-0.2, -0.15) is 0 Å². The molecule has 6 nitrogen and oxygen atoms in total. The van der Waals surface area contributed by atoms with Crippen molar-refractivity contribution in [1.82, 2.24) is 4.98 Å². The highest BCUT2D eigenvalue weighted by atomic mass is 16.6. The van der Waals surface area contributed by atoms with E-state index in [1.54, 1.807) is 6.20 Å². The smallest absolute Gasteiger partial charge is 0.269 e. The summed E-state index contributed by atoms with van der Waals surface area (Å²) in [5.74, 6) is 1.03. The molecule has 1 amide bonds. The van der Waals surface area contributed by atoms with Gasteiger partial charge in [-0.1, -0.05) is 12.1 Å². The van der Waals surface area contributed by atoms with Gasteiger partial charge in [0.25, 0.3) is 5.91 Å². The third-order valence-corrected chi connectivity index (χ3v) is 5.55. The van der Waals surface area contributed by atoms with E-state index in [0.29, 0.717) is 11.5 Å². The summed E-state index contributed by atoms with van der Waals surface area (Å²) in [6.07, 6.45) is 6.63. The number of carbonyl (C=O) groups excluding carboxylic acids is 1. The molecular weight excluding hydrogens is 366 g/mol. The summed E-state index contributed by atoms with van der Waals surface area (Å²) in [4.78, 5) is 19.6. The Kier molecular flexibility index (Phi) is 4.68. The van der Waals surface area contributed by atoms with Gasteiger partial charge >= 0.3 is 0 Å². The van der Waals surface area contributed by atoms with Gasteiger partial charge in [-0.15, -0.1) is 0 Å². The number of amides is 1. The maximum atomic E-state index is 12.9. The van der Waals surface area contributed by atoms with E-state index < -0.39 is 6.10 Å². The Balaban J connectivity index is 1.40. The third kappa shape index (κ3) is 3.46. The molecule has 3 aromatic rings. The van der Waals surface area contributed by atoms with Gasteiger partial charge in [0.1, 0.15) is 6.61 Å². The molecular formula is C23H23N3O3. The predicted octanol–water partition coefficient (Wildman–Crippen LogP) is 4.00. The van der Waals surface area contributed by atoms with Gasteiger partial charge in [-0.05, 0) is 49.6 Å². The molecule has 0 spiro atoms. The number of ether oxygens (including phenoxy) is 2. The number of fused-ring (bicyclic) bond motifs is 2. The highest BCUT2D eigenvalue weighted by molar-refractivity contribution is 6.07. The van der Waals surface area contributed by atoms with Gasteiger partial charge in [0, 0.05) is 41.9 Å². The van der Waals surface area contributed by atoms with E-state index in [0.717, 1.165) is 29.5 Å². The minimum atomic E-state index is -0.696. The van der Waals surface area contributed by atoms with E-state index in [9.17, 15) is 4.79 Å². The molecule has 3 heterocycles. The second-order valence-electron chi connectivity index (χ2n) is 7.45. The fraction of sp³-hybridized carbons (Fsp3) is 0.304. The fourth-order valence-electron chi connectivity index (χ4n) is 4.06. The van der Waals surface area contributed by atoms with Crippen LogP contribution in [0, 0.1) is 0 Å². The van der Waals surface area contributed by atoms with Crippen LogP contribution in [-0.2, 0) is 4.79 Å². The van der Waals surface area contributed by atoms with Crippen molar-refractivity contribution in [3.63, 3.8) is 0 Å². The Morgan fingerprint density at radius 3 is 2.69 bits per heavy atom. The number of hydrogen-bond acceptors (Lipinski definition) is 5. The van der Waals surface area contributed by atoms with Crippen molar-refractivity contribution < 1.29 is 14.3 Å². The van der Waals surface area contributed by atoms with Crippen LogP contribution in [0.1, 0.15) is 19.3 Å². The lowest BCUT2D eigenvalue weighted by Crippen LogP contribution is -2.40. The topological polar surface area (TPSA) is 63.7 Å². The van der Waals surface area contributed by atoms with Crippen molar-refractivity contribution in [2.24, 2.45) is 0 Å². The van der Waals surface area contributed by atoms with E-state index in [2.05, 4.69) is 21.3 Å². The number of carbonyl (C=O) groups is 1. The number of rotatable bonds is 3. The lowest BCUT2D eigenvalue weighted by Gasteiger charge is -2.30. The number of piperidine rings is 1. The summed E-state index contributed by atoms with van der Waals surface area (Å²) < 4.78 is 11.5. The number of pyridine rings is 1. The minimum absolute atomic E-state index is 0.185. The number of anilines is 2. The molecule has 148 valence electrons. The zero-order chi connectivity index (χ0) is 19.6. The van der Waals surface area contributed by atoms with Gasteiger partial charge in [-0.25, -0.2) is 0 Å². The van der Waals surface area contributed by atoms with Gasteiger partial charge in [0.15, 0.2) is 11.5 Å². The van der Waals surface area contributed by atoms with E-state index in [1.165, 1.54) is 24.9 Å². The number of hydrogen-bond donors (Lipinski definition) is 1. The number of nitrogens with one attached hydrogen (secondary N) is 1. The molecule has 0 radical (unpaired) electrons. The number of aromatic nitrogens is 1. The molecule has 29 heavy (non-hydrogen) atoms. The SMILES string of the molecule is O=C(Nc1ccc(N2CCCCC2)c2ccncc12)[C@@H]1COc2ccccc2O1. The van der Waals surface area contributed by atoms with Gasteiger partial charge < -0.3 is 19.7 Å². The Bertz CT molecular complexity index is 1050. The zero-order valence-corrected chi connectivity index (χ0v) is 16.1. The quantitative estimate of drug-likeness (QED) is 0.733. The monoisotopic (exact) mass is 389 g/mol. The van der Waals surface area contributed by atoms with Crippen molar-refractivity contribution in [3.05, 3.63) is 54.9 Å². The number of benzene rings is 2. The van der Waals surface area contributed by atoms with Crippen LogP contribution in [0.3, 0.4) is 0 Å². The molecule has 0 saturated carbocycles. The van der Waals surface area contributed by atoms with Crippen LogP contribution in [-0.4, -0.2) is 36.7 Å². The second kappa shape index (κ2) is 7.62. The minimum Gasteiger partial charge on any atom is -0.485 e. The highest BCUT2D eigenvalue weighted by Gasteiger charge is 2.28. The Labute approximate surface area is 169 Å². The Hall–Kier alpha value is -3.28. The molecule has 2 aliphatic heterocycles. The standard InChI is InChI=1S/C23H23N3O3/c27-23(22-15-28-20-6-2-3-7-21(20)29-22)25-18-8-9-19(26-12-4-1-5-13-26)16-10-11-24-14-17(16)18/h2-3,6-11,14,22H,1,4-5,12-13,15H2,(H,25,27)/t22-/m0/s1. The maximum absolute atomic E-state index is 12.9. The van der Waals surface area contributed by atoms with Crippen LogP contribution >= 0.6 is 0 Å². The molecule has 1 atom stereocenters. The van der Waals surface area contributed by atoms with Gasteiger partial charge in [0.05, 0.1) is 5.69 Å². The van der Waals surface area contributed by atoms with Crippen molar-refractivity contribution in [2.75, 3.05) is 29.9 Å². The van der Waals surface area contributed by atoms with Crippen molar-refractivity contribution in [1.29, 1.82) is 0 Å². The lowest BCUT2D eigenvalue weighted by molar-refractivity contribution is -0.125. The van der Waals surface area contributed by atoms with E-state index >= 15 is 0 Å². The van der Waals surface area contributed by atoms with Crippen molar-refractivity contribution >= 4 is 28.1 Å². The summed E-state index contributed by atoms with van der Waals surface area (Å²) >= 11 is 0. The summed E-state index contributed by atoms with van der Waals surface area (Å²) in [5.41, 5.74) is 1.94. The molecule has 1 aromatic heterocycles. The first-order chi connectivity index (χ1) is 14.3. The molecule has 0 unspecified atom stereocenters. The van der Waals surface area contributed by atoms with E-state index in [4.69, 9.17) is 9.47 Å². The summed E-state index contributed by atoms with van der Waals surface area (Å²) in [7, 11) is 0. The normalized spacial score (nSPS) is 18.5. The number of nitrogens with zero attached hydrogens (tertiary/aromatic N) is 2. The first-order valence-corrected chi connectivity index (χ1v) is 10.1.